The van der Waals surface area contributed by atoms with Gasteiger partial charge in [-0.15, -0.1) is 11.3 Å². The highest BCUT2D eigenvalue weighted by Gasteiger charge is 2.17. The van der Waals surface area contributed by atoms with Crippen molar-refractivity contribution in [1.29, 1.82) is 0 Å². The third-order valence-corrected chi connectivity index (χ3v) is 8.05. The standard InChI is InChI=1S/C22H15BrFNO2S3/c1-30(26,27)19-11-7-15(8-12-19)21-20(14-5-9-17(24)10-6-14)25-22(29-21)28-18-4-2-3-16(23)13-18/h2-13H,1H3. The van der Waals surface area contributed by atoms with Gasteiger partial charge in [-0.2, -0.15) is 0 Å². The average molecular weight is 520 g/mol. The fourth-order valence-corrected chi connectivity index (χ4v) is 6.21. The van der Waals surface area contributed by atoms with Crippen molar-refractivity contribution in [2.45, 2.75) is 14.1 Å². The Hall–Kier alpha value is -2.00. The van der Waals surface area contributed by atoms with E-state index in [1.54, 1.807) is 48.2 Å². The molecule has 30 heavy (non-hydrogen) atoms. The topological polar surface area (TPSA) is 47.0 Å². The zero-order chi connectivity index (χ0) is 21.3. The Morgan fingerprint density at radius 2 is 1.63 bits per heavy atom. The number of benzene rings is 3. The minimum absolute atomic E-state index is 0.267. The lowest BCUT2D eigenvalue weighted by atomic mass is 10.1. The molecule has 0 atom stereocenters. The Labute approximate surface area is 191 Å². The molecule has 1 heterocycles. The molecule has 0 unspecified atom stereocenters. The van der Waals surface area contributed by atoms with Gasteiger partial charge in [0.25, 0.3) is 0 Å². The fourth-order valence-electron chi connectivity index (χ4n) is 2.83. The van der Waals surface area contributed by atoms with Crippen molar-refractivity contribution >= 4 is 48.9 Å². The van der Waals surface area contributed by atoms with E-state index < -0.39 is 9.84 Å². The van der Waals surface area contributed by atoms with Crippen molar-refractivity contribution in [3.63, 3.8) is 0 Å². The van der Waals surface area contributed by atoms with Crippen molar-refractivity contribution in [3.05, 3.63) is 83.1 Å². The van der Waals surface area contributed by atoms with Crippen molar-refractivity contribution in [2.24, 2.45) is 0 Å². The SMILES string of the molecule is CS(=O)(=O)c1ccc(-c2sc(Sc3cccc(Br)c3)nc2-c2ccc(F)cc2)cc1. The third kappa shape index (κ3) is 4.83. The number of nitrogens with zero attached hydrogens (tertiary/aromatic N) is 1. The van der Waals surface area contributed by atoms with Crippen LogP contribution in [-0.4, -0.2) is 19.7 Å². The van der Waals surface area contributed by atoms with Crippen molar-refractivity contribution in [3.8, 4) is 21.7 Å². The molecule has 0 spiro atoms. The maximum Gasteiger partial charge on any atom is 0.175 e. The van der Waals surface area contributed by atoms with Gasteiger partial charge in [-0.05, 0) is 60.2 Å². The summed E-state index contributed by atoms with van der Waals surface area (Å²) in [6.07, 6.45) is 1.19. The highest BCUT2D eigenvalue weighted by Crippen LogP contribution is 2.42. The van der Waals surface area contributed by atoms with Gasteiger partial charge in [0, 0.05) is 21.2 Å². The molecule has 8 heteroatoms. The Balaban J connectivity index is 1.79. The van der Waals surface area contributed by atoms with Gasteiger partial charge in [0.05, 0.1) is 15.5 Å². The molecule has 0 aliphatic carbocycles. The molecule has 4 aromatic rings. The zero-order valence-electron chi connectivity index (χ0n) is 15.7. The number of halogens is 2. The van der Waals surface area contributed by atoms with Gasteiger partial charge >= 0.3 is 0 Å². The lowest BCUT2D eigenvalue weighted by Crippen LogP contribution is -1.96. The van der Waals surface area contributed by atoms with Crippen LogP contribution in [0.4, 0.5) is 4.39 Å². The second kappa shape index (κ2) is 8.63. The minimum atomic E-state index is -3.27. The maximum absolute atomic E-state index is 13.4. The summed E-state index contributed by atoms with van der Waals surface area (Å²) >= 11 is 6.55. The van der Waals surface area contributed by atoms with Crippen LogP contribution < -0.4 is 0 Å². The van der Waals surface area contributed by atoms with Gasteiger partial charge in [0.15, 0.2) is 14.2 Å². The van der Waals surface area contributed by atoms with Crippen molar-refractivity contribution in [1.82, 2.24) is 4.98 Å². The van der Waals surface area contributed by atoms with E-state index in [1.807, 2.05) is 24.3 Å². The molecule has 152 valence electrons. The minimum Gasteiger partial charge on any atom is -0.229 e. The van der Waals surface area contributed by atoms with Crippen LogP contribution in [0, 0.1) is 5.82 Å². The number of hydrogen-bond acceptors (Lipinski definition) is 5. The van der Waals surface area contributed by atoms with E-state index in [-0.39, 0.29) is 10.7 Å². The first-order valence-electron chi connectivity index (χ1n) is 8.80. The van der Waals surface area contributed by atoms with Gasteiger partial charge in [-0.3, -0.25) is 0 Å². The van der Waals surface area contributed by atoms with E-state index in [4.69, 9.17) is 4.98 Å². The molecule has 0 bridgehead atoms. The van der Waals surface area contributed by atoms with E-state index in [9.17, 15) is 12.8 Å². The molecule has 0 saturated carbocycles. The number of hydrogen-bond donors (Lipinski definition) is 0. The predicted octanol–water partition coefficient (Wildman–Crippen LogP) is 6.93. The van der Waals surface area contributed by atoms with E-state index in [2.05, 4.69) is 15.9 Å². The molecule has 0 saturated heterocycles. The van der Waals surface area contributed by atoms with Crippen LogP contribution in [0.5, 0.6) is 0 Å². The molecule has 0 radical (unpaired) electrons. The summed E-state index contributed by atoms with van der Waals surface area (Å²) < 4.78 is 38.8. The van der Waals surface area contributed by atoms with Gasteiger partial charge in [-0.1, -0.05) is 45.9 Å². The fraction of sp³-hybridized carbons (Fsp3) is 0.0455. The van der Waals surface area contributed by atoms with Crippen molar-refractivity contribution < 1.29 is 12.8 Å². The lowest BCUT2D eigenvalue weighted by Gasteiger charge is -2.04. The predicted molar refractivity (Wildman–Crippen MR) is 124 cm³/mol. The Kier molecular flexibility index (Phi) is 6.11. The Morgan fingerprint density at radius 1 is 0.967 bits per heavy atom. The molecule has 4 rings (SSSR count). The molecule has 3 nitrogen and oxygen atoms in total. The van der Waals surface area contributed by atoms with Gasteiger partial charge < -0.3 is 0 Å². The monoisotopic (exact) mass is 519 g/mol. The molecule has 1 aromatic heterocycles. The number of rotatable bonds is 5. The smallest absolute Gasteiger partial charge is 0.175 e. The second-order valence-electron chi connectivity index (χ2n) is 6.52. The summed E-state index contributed by atoms with van der Waals surface area (Å²) in [5.41, 5.74) is 2.40. The molecule has 3 aromatic carbocycles. The third-order valence-electron chi connectivity index (χ3n) is 4.27. The van der Waals surface area contributed by atoms with E-state index in [0.29, 0.717) is 0 Å². The summed E-state index contributed by atoms with van der Waals surface area (Å²) in [6.45, 7) is 0. The maximum atomic E-state index is 13.4. The number of thiazole rings is 1. The molecule has 0 fully saturated rings. The Bertz CT molecular complexity index is 1300. The van der Waals surface area contributed by atoms with Crippen LogP contribution in [0.25, 0.3) is 21.7 Å². The van der Waals surface area contributed by atoms with Crippen LogP contribution >= 0.6 is 39.0 Å². The zero-order valence-corrected chi connectivity index (χ0v) is 19.7. The van der Waals surface area contributed by atoms with E-state index in [1.165, 1.54) is 29.7 Å². The average Bonchev–Trinajstić information content (AvgIpc) is 3.12. The Morgan fingerprint density at radius 3 is 2.27 bits per heavy atom. The molecule has 0 aliphatic rings. The van der Waals surface area contributed by atoms with Crippen LogP contribution in [0.3, 0.4) is 0 Å². The van der Waals surface area contributed by atoms with Crippen molar-refractivity contribution in [2.75, 3.05) is 6.26 Å². The van der Waals surface area contributed by atoms with Crippen LogP contribution in [-0.2, 0) is 9.84 Å². The van der Waals surface area contributed by atoms with E-state index >= 15 is 0 Å². The summed E-state index contributed by atoms with van der Waals surface area (Å²) in [5.74, 6) is -0.309. The highest BCUT2D eigenvalue weighted by molar-refractivity contribution is 9.10. The largest absolute Gasteiger partial charge is 0.229 e. The molecular formula is C22H15BrFNO2S3. The summed E-state index contributed by atoms with van der Waals surface area (Å²) in [6, 6.07) is 20.9. The van der Waals surface area contributed by atoms with Gasteiger partial charge in [0.1, 0.15) is 5.82 Å². The number of aromatic nitrogens is 1. The first-order valence-corrected chi connectivity index (χ1v) is 13.1. The first kappa shape index (κ1) is 21.2. The molecular weight excluding hydrogens is 505 g/mol. The summed E-state index contributed by atoms with van der Waals surface area (Å²) in [7, 11) is -3.27. The first-order chi connectivity index (χ1) is 14.3. The normalized spacial score (nSPS) is 11.6. The molecule has 0 N–H and O–H groups in total. The van der Waals surface area contributed by atoms with Crippen LogP contribution in [0.2, 0.25) is 0 Å². The van der Waals surface area contributed by atoms with Crippen LogP contribution in [0.1, 0.15) is 0 Å². The van der Waals surface area contributed by atoms with Crippen LogP contribution in [0.15, 0.2) is 91.4 Å². The molecule has 0 aliphatic heterocycles. The van der Waals surface area contributed by atoms with Gasteiger partial charge in [0.2, 0.25) is 0 Å². The summed E-state index contributed by atoms with van der Waals surface area (Å²) in [5, 5.41) is 0. The highest BCUT2D eigenvalue weighted by atomic mass is 79.9. The second-order valence-corrected chi connectivity index (χ2v) is 11.8. The van der Waals surface area contributed by atoms with E-state index in [0.717, 1.165) is 35.4 Å². The number of sulfone groups is 1. The molecule has 0 amide bonds. The van der Waals surface area contributed by atoms with Gasteiger partial charge in [-0.25, -0.2) is 17.8 Å². The lowest BCUT2D eigenvalue weighted by molar-refractivity contribution is 0.602. The summed E-state index contributed by atoms with van der Waals surface area (Å²) in [4.78, 5) is 7.02. The quantitative estimate of drug-likeness (QED) is 0.286.